The van der Waals surface area contributed by atoms with Crippen LogP contribution in [0.3, 0.4) is 0 Å². The number of carbonyl (C=O) groups excluding carboxylic acids is 1. The van der Waals surface area contributed by atoms with Crippen LogP contribution in [0.15, 0.2) is 48.7 Å². The Bertz CT molecular complexity index is 929. The fourth-order valence-corrected chi connectivity index (χ4v) is 3.37. The van der Waals surface area contributed by atoms with Gasteiger partial charge < -0.3 is 4.90 Å². The molecule has 27 heavy (non-hydrogen) atoms. The molecule has 0 N–H and O–H groups in total. The smallest absolute Gasteiger partial charge is 0.227 e. The summed E-state index contributed by atoms with van der Waals surface area (Å²) in [6.45, 7) is 1.13. The third-order valence-corrected chi connectivity index (χ3v) is 4.72. The standard InChI is InChI=1S/C19H19FN6O/c20-16-8-2-1-6-14(16)12-18(27)25-11-5-7-15(25)13-26-23-19(22-24-26)17-9-3-4-10-21-17/h1-4,6,8-10,15H,5,7,11-13H2/t15-/m1/s1. The molecule has 0 spiro atoms. The van der Waals surface area contributed by atoms with E-state index in [1.54, 1.807) is 29.3 Å². The van der Waals surface area contributed by atoms with Gasteiger partial charge in [0, 0.05) is 12.7 Å². The van der Waals surface area contributed by atoms with Gasteiger partial charge in [-0.2, -0.15) is 4.80 Å². The summed E-state index contributed by atoms with van der Waals surface area (Å²) in [5.74, 6) is 0.0324. The zero-order valence-electron chi connectivity index (χ0n) is 14.7. The number of carbonyl (C=O) groups is 1. The summed E-state index contributed by atoms with van der Waals surface area (Å²) in [5.41, 5.74) is 1.08. The van der Waals surface area contributed by atoms with Crippen LogP contribution >= 0.6 is 0 Å². The van der Waals surface area contributed by atoms with Gasteiger partial charge in [0.1, 0.15) is 11.5 Å². The third kappa shape index (κ3) is 3.84. The van der Waals surface area contributed by atoms with E-state index in [1.165, 1.54) is 10.9 Å². The summed E-state index contributed by atoms with van der Waals surface area (Å²) in [4.78, 5) is 20.2. The Labute approximate surface area is 155 Å². The van der Waals surface area contributed by atoms with Crippen LogP contribution in [0.5, 0.6) is 0 Å². The topological polar surface area (TPSA) is 76.8 Å². The van der Waals surface area contributed by atoms with Crippen molar-refractivity contribution >= 4 is 5.91 Å². The Morgan fingerprint density at radius 1 is 1.19 bits per heavy atom. The molecule has 0 saturated carbocycles. The number of amides is 1. The number of pyridine rings is 1. The highest BCUT2D eigenvalue weighted by Gasteiger charge is 2.30. The van der Waals surface area contributed by atoms with E-state index in [0.717, 1.165) is 12.8 Å². The number of likely N-dealkylation sites (tertiary alicyclic amines) is 1. The Morgan fingerprint density at radius 2 is 2.04 bits per heavy atom. The average molecular weight is 366 g/mol. The summed E-state index contributed by atoms with van der Waals surface area (Å²) in [6.07, 6.45) is 3.52. The van der Waals surface area contributed by atoms with Gasteiger partial charge in [-0.05, 0) is 41.8 Å². The SMILES string of the molecule is O=C(Cc1ccccc1F)N1CCC[C@@H]1Cn1nnc(-c2ccccn2)n1. The first-order valence-corrected chi connectivity index (χ1v) is 8.93. The molecule has 1 aromatic carbocycles. The molecule has 8 heteroatoms. The summed E-state index contributed by atoms with van der Waals surface area (Å²) < 4.78 is 13.8. The van der Waals surface area contributed by atoms with E-state index >= 15 is 0 Å². The molecule has 138 valence electrons. The third-order valence-electron chi connectivity index (χ3n) is 4.72. The van der Waals surface area contributed by atoms with Crippen molar-refractivity contribution in [2.24, 2.45) is 0 Å². The normalized spacial score (nSPS) is 16.6. The summed E-state index contributed by atoms with van der Waals surface area (Å²) >= 11 is 0. The van der Waals surface area contributed by atoms with Crippen LogP contribution in [0, 0.1) is 5.82 Å². The van der Waals surface area contributed by atoms with Crippen molar-refractivity contribution in [3.63, 3.8) is 0 Å². The summed E-state index contributed by atoms with van der Waals surface area (Å²) in [7, 11) is 0. The predicted octanol–water partition coefficient (Wildman–Crippen LogP) is 2.11. The number of benzene rings is 1. The van der Waals surface area contributed by atoms with Crippen molar-refractivity contribution in [2.75, 3.05) is 6.54 Å². The van der Waals surface area contributed by atoms with Gasteiger partial charge in [-0.3, -0.25) is 9.78 Å². The molecule has 1 amide bonds. The minimum atomic E-state index is -0.348. The first kappa shape index (κ1) is 17.3. The van der Waals surface area contributed by atoms with E-state index in [9.17, 15) is 9.18 Å². The van der Waals surface area contributed by atoms with Gasteiger partial charge in [0.15, 0.2) is 0 Å². The first-order valence-electron chi connectivity index (χ1n) is 8.93. The molecule has 3 heterocycles. The molecule has 4 rings (SSSR count). The minimum absolute atomic E-state index is 0.0185. The molecule has 1 fully saturated rings. The number of hydrogen-bond acceptors (Lipinski definition) is 5. The number of halogens is 1. The lowest BCUT2D eigenvalue weighted by Crippen LogP contribution is -2.39. The highest BCUT2D eigenvalue weighted by atomic mass is 19.1. The molecule has 1 aliphatic heterocycles. The first-order chi connectivity index (χ1) is 13.2. The van der Waals surface area contributed by atoms with E-state index < -0.39 is 0 Å². The zero-order chi connectivity index (χ0) is 18.6. The van der Waals surface area contributed by atoms with E-state index in [0.29, 0.717) is 30.2 Å². The monoisotopic (exact) mass is 366 g/mol. The second-order valence-electron chi connectivity index (χ2n) is 6.53. The lowest BCUT2D eigenvalue weighted by Gasteiger charge is -2.24. The Balaban J connectivity index is 1.44. The van der Waals surface area contributed by atoms with Gasteiger partial charge in [-0.25, -0.2) is 4.39 Å². The number of hydrogen-bond donors (Lipinski definition) is 0. The van der Waals surface area contributed by atoms with Gasteiger partial charge in [0.2, 0.25) is 11.7 Å². The van der Waals surface area contributed by atoms with Crippen molar-refractivity contribution in [1.82, 2.24) is 30.1 Å². The van der Waals surface area contributed by atoms with Crippen LogP contribution in [-0.4, -0.2) is 48.6 Å². The second kappa shape index (κ2) is 7.61. The molecule has 1 saturated heterocycles. The lowest BCUT2D eigenvalue weighted by atomic mass is 10.1. The molecular weight excluding hydrogens is 347 g/mol. The van der Waals surface area contributed by atoms with Gasteiger partial charge in [-0.15, -0.1) is 10.2 Å². The van der Waals surface area contributed by atoms with Gasteiger partial charge in [-0.1, -0.05) is 24.3 Å². The highest BCUT2D eigenvalue weighted by Crippen LogP contribution is 2.21. The average Bonchev–Trinajstić information content (AvgIpc) is 3.34. The zero-order valence-corrected chi connectivity index (χ0v) is 14.7. The Morgan fingerprint density at radius 3 is 2.85 bits per heavy atom. The molecule has 0 radical (unpaired) electrons. The quantitative estimate of drug-likeness (QED) is 0.691. The van der Waals surface area contributed by atoms with E-state index in [2.05, 4.69) is 20.4 Å². The molecule has 2 aromatic heterocycles. The van der Waals surface area contributed by atoms with Crippen LogP contribution in [0.1, 0.15) is 18.4 Å². The maximum atomic E-state index is 13.8. The summed E-state index contributed by atoms with van der Waals surface area (Å²) in [6, 6.07) is 11.9. The van der Waals surface area contributed by atoms with Crippen molar-refractivity contribution in [3.8, 4) is 11.5 Å². The Kier molecular flexibility index (Phi) is 4.86. The largest absolute Gasteiger partial charge is 0.337 e. The van der Waals surface area contributed by atoms with Gasteiger partial charge in [0.05, 0.1) is 19.0 Å². The van der Waals surface area contributed by atoms with Crippen molar-refractivity contribution in [2.45, 2.75) is 31.8 Å². The number of aromatic nitrogens is 5. The van der Waals surface area contributed by atoms with E-state index in [1.807, 2.05) is 18.2 Å². The molecule has 3 aromatic rings. The maximum Gasteiger partial charge on any atom is 0.227 e. The van der Waals surface area contributed by atoms with Gasteiger partial charge in [0.25, 0.3) is 0 Å². The number of nitrogens with zero attached hydrogens (tertiary/aromatic N) is 6. The van der Waals surface area contributed by atoms with Crippen LogP contribution in [-0.2, 0) is 17.8 Å². The Hall–Kier alpha value is -3.16. The second-order valence-corrected chi connectivity index (χ2v) is 6.53. The summed E-state index contributed by atoms with van der Waals surface area (Å²) in [5, 5.41) is 12.5. The molecule has 7 nitrogen and oxygen atoms in total. The molecule has 0 bridgehead atoms. The van der Waals surface area contributed by atoms with Crippen LogP contribution in [0.2, 0.25) is 0 Å². The van der Waals surface area contributed by atoms with Crippen LogP contribution in [0.4, 0.5) is 4.39 Å². The minimum Gasteiger partial charge on any atom is -0.337 e. The maximum absolute atomic E-state index is 13.8. The van der Waals surface area contributed by atoms with Crippen LogP contribution < -0.4 is 0 Å². The molecular formula is C19H19FN6O. The molecule has 0 unspecified atom stereocenters. The van der Waals surface area contributed by atoms with E-state index in [-0.39, 0.29) is 24.2 Å². The molecule has 1 atom stereocenters. The fraction of sp³-hybridized carbons (Fsp3) is 0.316. The predicted molar refractivity (Wildman–Crippen MR) is 95.9 cm³/mol. The van der Waals surface area contributed by atoms with Crippen molar-refractivity contribution in [3.05, 3.63) is 60.0 Å². The number of rotatable bonds is 5. The lowest BCUT2D eigenvalue weighted by molar-refractivity contribution is -0.131. The van der Waals surface area contributed by atoms with Crippen molar-refractivity contribution < 1.29 is 9.18 Å². The van der Waals surface area contributed by atoms with Crippen LogP contribution in [0.25, 0.3) is 11.5 Å². The highest BCUT2D eigenvalue weighted by molar-refractivity contribution is 5.79. The molecule has 0 aliphatic carbocycles. The van der Waals surface area contributed by atoms with Gasteiger partial charge >= 0.3 is 0 Å². The van der Waals surface area contributed by atoms with Crippen molar-refractivity contribution in [1.29, 1.82) is 0 Å². The van der Waals surface area contributed by atoms with E-state index in [4.69, 9.17) is 0 Å². The number of tetrazole rings is 1. The molecule has 1 aliphatic rings. The fourth-order valence-electron chi connectivity index (χ4n) is 3.37.